The maximum Gasteiger partial charge on any atom is 0.490 e. The average Bonchev–Trinajstić information content (AvgIpc) is 3.72. The highest BCUT2D eigenvalue weighted by atomic mass is 19.4. The van der Waals surface area contributed by atoms with E-state index in [-0.39, 0.29) is 62.3 Å². The summed E-state index contributed by atoms with van der Waals surface area (Å²) in [6.45, 7) is 14.0. The maximum atomic E-state index is 14.2. The first-order valence-corrected chi connectivity index (χ1v) is 22.0. The number of benzene rings is 1. The number of aliphatic carboxylic acids is 2. The molecular weight excluding hydrogens is 888 g/mol. The first kappa shape index (κ1) is 58.7. The van der Waals surface area contributed by atoms with Crippen LogP contribution in [0.3, 0.4) is 0 Å². The minimum Gasteiger partial charge on any atom is -0.508 e. The van der Waals surface area contributed by atoms with Crippen LogP contribution in [0.1, 0.15) is 99.0 Å². The van der Waals surface area contributed by atoms with Crippen LogP contribution >= 0.6 is 0 Å². The van der Waals surface area contributed by atoms with Crippen LogP contribution in [-0.4, -0.2) is 136 Å². The number of hydrogen-bond acceptors (Lipinski definition) is 10. The normalized spacial score (nSPS) is 16.2. The van der Waals surface area contributed by atoms with Crippen LogP contribution in [0.25, 0.3) is 0 Å². The van der Waals surface area contributed by atoms with Crippen LogP contribution in [0, 0.1) is 17.3 Å². The molecule has 1 aliphatic rings. The van der Waals surface area contributed by atoms with E-state index < -0.39 is 83.3 Å². The van der Waals surface area contributed by atoms with Crippen molar-refractivity contribution >= 4 is 53.4 Å². The Bertz CT molecular complexity index is 1870. The van der Waals surface area contributed by atoms with Crippen LogP contribution < -0.4 is 43.8 Å². The summed E-state index contributed by atoms with van der Waals surface area (Å²) in [5.41, 5.74) is 16.5. The number of carbonyl (C=O) groups is 7. The lowest BCUT2D eigenvalue weighted by Crippen LogP contribution is -2.61. The Morgan fingerprint density at radius 2 is 1.37 bits per heavy atom. The molecule has 0 spiro atoms. The molecule has 1 heterocycles. The van der Waals surface area contributed by atoms with Crippen LogP contribution in [0.2, 0.25) is 0 Å². The van der Waals surface area contributed by atoms with Crippen molar-refractivity contribution in [3.05, 3.63) is 29.8 Å². The van der Waals surface area contributed by atoms with Gasteiger partial charge in [-0.2, -0.15) is 13.2 Å². The third-order valence-electron chi connectivity index (χ3n) is 10.3. The predicted octanol–water partition coefficient (Wildman–Crippen LogP) is 1.07. The number of aliphatic imine (C=N–C) groups is 2. The molecule has 21 nitrogen and oxygen atoms in total. The van der Waals surface area contributed by atoms with Crippen molar-refractivity contribution in [2.24, 2.45) is 44.4 Å². The Morgan fingerprint density at radius 1 is 0.806 bits per heavy atom. The van der Waals surface area contributed by atoms with E-state index in [0.717, 1.165) is 0 Å². The van der Waals surface area contributed by atoms with Crippen molar-refractivity contribution in [1.82, 2.24) is 31.5 Å². The molecule has 2 rings (SSSR count). The summed E-state index contributed by atoms with van der Waals surface area (Å²) in [7, 11) is 0. The number of alkyl halides is 3. The number of amides is 5. The number of carbonyl (C=O) groups excluding carboxylic acids is 5. The molecule has 67 heavy (non-hydrogen) atoms. The molecule has 6 atom stereocenters. The van der Waals surface area contributed by atoms with Gasteiger partial charge in [0.2, 0.25) is 29.5 Å². The van der Waals surface area contributed by atoms with E-state index >= 15 is 0 Å². The number of carboxylic acid groups (broad SMARTS) is 2. The molecule has 1 aromatic rings. The highest BCUT2D eigenvalue weighted by Crippen LogP contribution is 2.23. The van der Waals surface area contributed by atoms with Gasteiger partial charge in [0.1, 0.15) is 36.0 Å². The standard InChI is InChI=1S/C41H69N11O8.C2HF3O2/c1-8-45-40(44)47-20-9-12-25(4)33(54)48-28(13-10-19-46-39(42)43)37(58)52-21-11-14-31(52)35(56)49-29(23-26-15-17-27(53)18-16-26)34(55)51-32(41(5,6)7)36(57)50-30(38(59)60)22-24(2)3;3-2(4,5)1(6)7/h15-18,24-25,28-32,53H,8-14,19-23H2,1-7H3,(H,48,54)(H,49,56)(H,50,57)(H,51,55)(H,59,60)(H4,42,43,46)(H3,44,45,47);(H,6,7)/t25-,28-,29-,30-,31-,32+;/m0./s1. The van der Waals surface area contributed by atoms with Gasteiger partial charge < -0.3 is 64.0 Å². The van der Waals surface area contributed by atoms with Gasteiger partial charge in [-0.25, -0.2) is 9.59 Å². The second-order valence-corrected chi connectivity index (χ2v) is 17.6. The number of nitrogens with zero attached hydrogens (tertiary/aromatic N) is 3. The maximum absolute atomic E-state index is 14.2. The number of rotatable bonds is 23. The van der Waals surface area contributed by atoms with Gasteiger partial charge in [-0.05, 0) is 80.9 Å². The van der Waals surface area contributed by atoms with Gasteiger partial charge in [0.05, 0.1) is 0 Å². The summed E-state index contributed by atoms with van der Waals surface area (Å²) in [6, 6.07) is 0.428. The summed E-state index contributed by atoms with van der Waals surface area (Å²) in [4.78, 5) is 100. The molecule has 378 valence electrons. The summed E-state index contributed by atoms with van der Waals surface area (Å²) in [6.07, 6.45) is -2.59. The molecule has 5 amide bonds. The van der Waals surface area contributed by atoms with Gasteiger partial charge in [0.25, 0.3) is 0 Å². The number of likely N-dealkylation sites (tertiary alicyclic amines) is 1. The number of aromatic hydroxyl groups is 1. The van der Waals surface area contributed by atoms with E-state index in [0.29, 0.717) is 50.3 Å². The van der Waals surface area contributed by atoms with Crippen molar-refractivity contribution in [2.45, 2.75) is 136 Å². The van der Waals surface area contributed by atoms with Crippen LogP contribution in [-0.2, 0) is 40.0 Å². The van der Waals surface area contributed by atoms with E-state index in [1.165, 1.54) is 17.0 Å². The van der Waals surface area contributed by atoms with Crippen molar-refractivity contribution in [3.63, 3.8) is 0 Å². The lowest BCUT2D eigenvalue weighted by atomic mass is 9.85. The van der Waals surface area contributed by atoms with Crippen LogP contribution in [0.15, 0.2) is 34.3 Å². The highest BCUT2D eigenvalue weighted by Gasteiger charge is 2.41. The molecule has 1 fully saturated rings. The van der Waals surface area contributed by atoms with E-state index in [1.54, 1.807) is 39.8 Å². The zero-order valence-corrected chi connectivity index (χ0v) is 39.2. The Kier molecular flexibility index (Phi) is 24.5. The number of phenolic OH excluding ortho intramolecular Hbond substituents is 1. The second-order valence-electron chi connectivity index (χ2n) is 17.6. The van der Waals surface area contributed by atoms with E-state index in [9.17, 15) is 52.2 Å². The zero-order valence-electron chi connectivity index (χ0n) is 39.2. The summed E-state index contributed by atoms with van der Waals surface area (Å²) in [5.74, 6) is -7.11. The smallest absolute Gasteiger partial charge is 0.490 e. The molecular formula is C43H70F3N11O10. The Labute approximate surface area is 388 Å². The largest absolute Gasteiger partial charge is 0.508 e. The van der Waals surface area contributed by atoms with E-state index in [2.05, 4.69) is 36.6 Å². The number of halogens is 3. The molecule has 1 aliphatic heterocycles. The third-order valence-corrected chi connectivity index (χ3v) is 10.3. The predicted molar refractivity (Wildman–Crippen MR) is 243 cm³/mol. The molecule has 14 N–H and O–H groups in total. The Balaban J connectivity index is 0.00000295. The number of carboxylic acids is 2. The molecule has 1 saturated heterocycles. The number of guanidine groups is 2. The molecule has 0 radical (unpaired) electrons. The number of nitrogens with two attached hydrogens (primary N) is 3. The van der Waals surface area contributed by atoms with Crippen molar-refractivity contribution < 1.29 is 62.1 Å². The first-order valence-electron chi connectivity index (χ1n) is 22.0. The van der Waals surface area contributed by atoms with Crippen LogP contribution in [0.5, 0.6) is 5.75 Å². The van der Waals surface area contributed by atoms with Gasteiger partial charge in [0.15, 0.2) is 11.9 Å². The summed E-state index contributed by atoms with van der Waals surface area (Å²) < 4.78 is 31.7. The zero-order chi connectivity index (χ0) is 51.2. The fourth-order valence-electron chi connectivity index (χ4n) is 6.75. The summed E-state index contributed by atoms with van der Waals surface area (Å²) in [5, 5.41) is 40.7. The fourth-order valence-corrected chi connectivity index (χ4v) is 6.75. The molecule has 1 aromatic carbocycles. The van der Waals surface area contributed by atoms with Gasteiger partial charge in [0, 0.05) is 38.5 Å². The lowest BCUT2D eigenvalue weighted by Gasteiger charge is -2.33. The molecule has 24 heteroatoms. The molecule has 0 aliphatic carbocycles. The van der Waals surface area contributed by atoms with E-state index in [1.807, 2.05) is 20.8 Å². The number of nitrogens with one attached hydrogen (secondary N) is 5. The molecule has 0 saturated carbocycles. The quantitative estimate of drug-likeness (QED) is 0.0416. The van der Waals surface area contributed by atoms with Crippen molar-refractivity contribution in [3.8, 4) is 5.75 Å². The highest BCUT2D eigenvalue weighted by molar-refractivity contribution is 5.96. The van der Waals surface area contributed by atoms with Crippen molar-refractivity contribution in [1.29, 1.82) is 0 Å². The average molecular weight is 958 g/mol. The molecule has 0 aromatic heterocycles. The first-order chi connectivity index (χ1) is 31.1. The van der Waals surface area contributed by atoms with Gasteiger partial charge in [-0.1, -0.05) is 53.7 Å². The topological polar surface area (TPSA) is 346 Å². The van der Waals surface area contributed by atoms with Crippen LogP contribution in [0.4, 0.5) is 13.2 Å². The lowest BCUT2D eigenvalue weighted by molar-refractivity contribution is -0.192. The fraction of sp³-hybridized carbons (Fsp3) is 0.651. The van der Waals surface area contributed by atoms with E-state index in [4.69, 9.17) is 27.1 Å². The number of hydrogen-bond donors (Lipinski definition) is 11. The van der Waals surface area contributed by atoms with Gasteiger partial charge in [-0.15, -0.1) is 0 Å². The van der Waals surface area contributed by atoms with Crippen molar-refractivity contribution in [2.75, 3.05) is 26.2 Å². The number of phenols is 1. The minimum atomic E-state index is -5.08. The molecule has 0 bridgehead atoms. The third kappa shape index (κ3) is 22.1. The van der Waals surface area contributed by atoms with Gasteiger partial charge in [-0.3, -0.25) is 34.0 Å². The monoisotopic (exact) mass is 958 g/mol. The Hall–Kier alpha value is -6.36. The SMILES string of the molecule is CCNC(N)=NCCC[C@H](C)C(=O)N[C@@H](CCCN=C(N)N)C(=O)N1CCC[C@H]1C(=O)N[C@@H](Cc1ccc(O)cc1)C(=O)N[C@H](C(=O)N[C@@H](CC(C)C)C(=O)O)C(C)(C)C.O=C(O)C(F)(F)F. The summed E-state index contributed by atoms with van der Waals surface area (Å²) >= 11 is 0. The van der Waals surface area contributed by atoms with Gasteiger partial charge >= 0.3 is 18.1 Å². The Morgan fingerprint density at radius 3 is 1.90 bits per heavy atom. The molecule has 0 unspecified atom stereocenters. The second kappa shape index (κ2) is 28.0. The minimum absolute atomic E-state index is 0.00334.